The van der Waals surface area contributed by atoms with E-state index < -0.39 is 0 Å². The summed E-state index contributed by atoms with van der Waals surface area (Å²) in [6, 6.07) is 15.1. The normalized spacial score (nSPS) is 10.9. The predicted octanol–water partition coefficient (Wildman–Crippen LogP) is 3.77. The van der Waals surface area contributed by atoms with E-state index in [1.54, 1.807) is 29.0 Å². The third kappa shape index (κ3) is 4.53. The van der Waals surface area contributed by atoms with Crippen LogP contribution in [0.15, 0.2) is 65.4 Å². The lowest BCUT2D eigenvalue weighted by atomic mass is 10.1. The van der Waals surface area contributed by atoms with Gasteiger partial charge in [0.25, 0.3) is 5.91 Å². The molecule has 0 aliphatic carbocycles. The van der Waals surface area contributed by atoms with Crippen molar-refractivity contribution in [2.75, 3.05) is 20.2 Å². The summed E-state index contributed by atoms with van der Waals surface area (Å²) in [5.41, 5.74) is 0.264. The van der Waals surface area contributed by atoms with Gasteiger partial charge in [0.15, 0.2) is 11.5 Å². The number of hydrogen-bond donors (Lipinski definition) is 0. The monoisotopic (exact) mass is 420 g/mol. The van der Waals surface area contributed by atoms with Crippen molar-refractivity contribution < 1.29 is 18.8 Å². The Labute approximate surface area is 180 Å². The summed E-state index contributed by atoms with van der Waals surface area (Å²) in [5.74, 6) is 1.78. The molecule has 8 heteroatoms. The number of hydrogen-bond acceptors (Lipinski definition) is 6. The molecule has 2 aromatic heterocycles. The van der Waals surface area contributed by atoms with Crippen LogP contribution in [0.2, 0.25) is 0 Å². The van der Waals surface area contributed by atoms with Crippen LogP contribution in [-0.4, -0.2) is 45.9 Å². The number of likely N-dealkylation sites (N-methyl/N-ethyl adjacent to an activating group) is 1. The Morgan fingerprint density at radius 1 is 1.13 bits per heavy atom. The van der Waals surface area contributed by atoms with Crippen LogP contribution in [0.1, 0.15) is 23.2 Å². The molecule has 0 aliphatic heterocycles. The highest BCUT2D eigenvalue weighted by atomic mass is 16.5. The first-order valence-corrected chi connectivity index (χ1v) is 10.1. The maximum Gasteiger partial charge on any atom is 0.276 e. The topological polar surface area (TPSA) is 82.6 Å². The van der Waals surface area contributed by atoms with E-state index >= 15 is 0 Å². The molecule has 0 unspecified atom stereocenters. The van der Waals surface area contributed by atoms with E-state index in [1.807, 2.05) is 55.6 Å². The first-order valence-electron chi connectivity index (χ1n) is 10.1. The van der Waals surface area contributed by atoms with E-state index in [9.17, 15) is 4.79 Å². The summed E-state index contributed by atoms with van der Waals surface area (Å²) in [7, 11) is 1.64. The van der Waals surface area contributed by atoms with Crippen LogP contribution >= 0.6 is 0 Å². The zero-order chi connectivity index (χ0) is 21.6. The lowest BCUT2D eigenvalue weighted by molar-refractivity contribution is 0.0746. The average Bonchev–Trinajstić information content (AvgIpc) is 3.50. The molecule has 31 heavy (non-hydrogen) atoms. The summed E-state index contributed by atoms with van der Waals surface area (Å²) in [5, 5.41) is 10.0. The average molecular weight is 420 g/mol. The van der Waals surface area contributed by atoms with Crippen LogP contribution in [0.25, 0.3) is 10.8 Å². The van der Waals surface area contributed by atoms with Crippen molar-refractivity contribution in [1.82, 2.24) is 19.8 Å². The lowest BCUT2D eigenvalue weighted by Crippen LogP contribution is -2.34. The molecule has 0 saturated heterocycles. The Morgan fingerprint density at radius 3 is 2.61 bits per heavy atom. The second-order valence-electron chi connectivity index (χ2n) is 6.93. The fourth-order valence-electron chi connectivity index (χ4n) is 3.40. The molecule has 160 valence electrons. The number of benzene rings is 2. The minimum absolute atomic E-state index is 0.163. The molecule has 0 spiro atoms. The number of fused-ring (bicyclic) bond motifs is 1. The number of methoxy groups -OCH3 is 1. The minimum atomic E-state index is -0.181. The molecule has 8 nitrogen and oxygen atoms in total. The van der Waals surface area contributed by atoms with Crippen LogP contribution in [-0.2, 0) is 13.2 Å². The van der Waals surface area contributed by atoms with Gasteiger partial charge in [0.2, 0.25) is 0 Å². The molecule has 4 aromatic rings. The lowest BCUT2D eigenvalue weighted by Gasteiger charge is -2.19. The molecule has 0 saturated carbocycles. The Morgan fingerprint density at radius 2 is 1.90 bits per heavy atom. The molecule has 2 heterocycles. The third-order valence-electron chi connectivity index (χ3n) is 5.04. The molecule has 0 N–H and O–H groups in total. The molecule has 0 fully saturated rings. The van der Waals surface area contributed by atoms with Gasteiger partial charge in [0.05, 0.1) is 13.7 Å². The second-order valence-corrected chi connectivity index (χ2v) is 6.93. The Bertz CT molecular complexity index is 1150. The Balaban J connectivity index is 1.42. The van der Waals surface area contributed by atoms with Gasteiger partial charge in [-0.1, -0.05) is 29.4 Å². The van der Waals surface area contributed by atoms with Crippen LogP contribution in [0.4, 0.5) is 0 Å². The van der Waals surface area contributed by atoms with Gasteiger partial charge < -0.3 is 18.9 Å². The zero-order valence-electron chi connectivity index (χ0n) is 17.5. The summed E-state index contributed by atoms with van der Waals surface area (Å²) in [6.45, 7) is 3.81. The fourth-order valence-corrected chi connectivity index (χ4v) is 3.40. The Hall–Kier alpha value is -3.81. The highest BCUT2D eigenvalue weighted by Crippen LogP contribution is 2.33. The predicted molar refractivity (Wildman–Crippen MR) is 115 cm³/mol. The first kappa shape index (κ1) is 20.5. The van der Waals surface area contributed by atoms with E-state index in [2.05, 4.69) is 10.3 Å². The molecule has 4 rings (SSSR count). The van der Waals surface area contributed by atoms with E-state index in [-0.39, 0.29) is 18.2 Å². The number of carbonyl (C=O) groups excluding carboxylic acids is 1. The smallest absolute Gasteiger partial charge is 0.276 e. The molecule has 0 aliphatic rings. The van der Waals surface area contributed by atoms with E-state index in [4.69, 9.17) is 14.0 Å². The van der Waals surface area contributed by atoms with Crippen LogP contribution in [0.5, 0.6) is 11.5 Å². The standard InChI is InChI=1S/C23H24N4O4/c1-3-26(13-14-27-12-6-11-24-27)23(28)20-15-17(31-25-20)16-30-22-10-9-21(29-2)18-7-4-5-8-19(18)22/h4-12,15H,3,13-14,16H2,1-2H3. The largest absolute Gasteiger partial charge is 0.496 e. The van der Waals surface area contributed by atoms with Crippen LogP contribution in [0.3, 0.4) is 0 Å². The highest BCUT2D eigenvalue weighted by molar-refractivity contribution is 5.93. The van der Waals surface area contributed by atoms with Gasteiger partial charge in [-0.2, -0.15) is 5.10 Å². The summed E-state index contributed by atoms with van der Waals surface area (Å²) >= 11 is 0. The van der Waals surface area contributed by atoms with Crippen molar-refractivity contribution in [2.45, 2.75) is 20.1 Å². The number of aromatic nitrogens is 3. The highest BCUT2D eigenvalue weighted by Gasteiger charge is 2.19. The molecule has 0 atom stereocenters. The maximum absolute atomic E-state index is 12.8. The first-order chi connectivity index (χ1) is 15.2. The number of carbonyl (C=O) groups is 1. The van der Waals surface area contributed by atoms with Crippen molar-refractivity contribution >= 4 is 16.7 Å². The van der Waals surface area contributed by atoms with Crippen molar-refractivity contribution in [1.29, 1.82) is 0 Å². The molecule has 1 amide bonds. The number of nitrogens with zero attached hydrogens (tertiary/aromatic N) is 4. The minimum Gasteiger partial charge on any atom is -0.496 e. The summed E-state index contributed by atoms with van der Waals surface area (Å²) in [6.07, 6.45) is 3.58. The Kier molecular flexibility index (Phi) is 6.16. The quantitative estimate of drug-likeness (QED) is 0.410. The van der Waals surface area contributed by atoms with E-state index in [0.29, 0.717) is 31.1 Å². The van der Waals surface area contributed by atoms with Crippen LogP contribution in [0, 0.1) is 0 Å². The number of amides is 1. The fraction of sp³-hybridized carbons (Fsp3) is 0.261. The summed E-state index contributed by atoms with van der Waals surface area (Å²) < 4.78 is 18.5. The molecule has 0 bridgehead atoms. The zero-order valence-corrected chi connectivity index (χ0v) is 17.5. The second kappa shape index (κ2) is 9.34. The molecular weight excluding hydrogens is 396 g/mol. The van der Waals surface area contributed by atoms with E-state index in [0.717, 1.165) is 16.5 Å². The van der Waals surface area contributed by atoms with Gasteiger partial charge >= 0.3 is 0 Å². The van der Waals surface area contributed by atoms with Crippen molar-refractivity contribution in [3.8, 4) is 11.5 Å². The van der Waals surface area contributed by atoms with E-state index in [1.165, 1.54) is 0 Å². The number of ether oxygens (including phenoxy) is 2. The van der Waals surface area contributed by atoms with Gasteiger partial charge in [0, 0.05) is 42.3 Å². The van der Waals surface area contributed by atoms with Gasteiger partial charge in [0.1, 0.15) is 18.1 Å². The SMILES string of the molecule is CCN(CCn1cccn1)C(=O)c1cc(COc2ccc(OC)c3ccccc23)on1. The van der Waals surface area contributed by atoms with Gasteiger partial charge in [-0.05, 0) is 25.1 Å². The van der Waals surface area contributed by atoms with Crippen LogP contribution < -0.4 is 9.47 Å². The maximum atomic E-state index is 12.8. The van der Waals surface area contributed by atoms with Crippen molar-refractivity contribution in [3.63, 3.8) is 0 Å². The molecular formula is C23H24N4O4. The molecule has 0 radical (unpaired) electrons. The van der Waals surface area contributed by atoms with Gasteiger partial charge in [-0.15, -0.1) is 0 Å². The van der Waals surface area contributed by atoms with Gasteiger partial charge in [-0.25, -0.2) is 0 Å². The third-order valence-corrected chi connectivity index (χ3v) is 5.04. The van der Waals surface area contributed by atoms with Crippen molar-refractivity contribution in [3.05, 3.63) is 72.4 Å². The number of rotatable bonds is 9. The molecule has 2 aromatic carbocycles. The van der Waals surface area contributed by atoms with Crippen molar-refractivity contribution in [2.24, 2.45) is 0 Å². The summed E-state index contributed by atoms with van der Waals surface area (Å²) in [4.78, 5) is 14.5. The van der Waals surface area contributed by atoms with Gasteiger partial charge in [-0.3, -0.25) is 9.48 Å².